The van der Waals surface area contributed by atoms with E-state index in [1.165, 1.54) is 4.57 Å². The van der Waals surface area contributed by atoms with Crippen molar-refractivity contribution in [1.29, 1.82) is 0 Å². The SMILES string of the molecule is CCCCOc1nc(N)c2[nH]c(=O)n(Cc3cccc(Oc4cccc(CNC5CC(F)(F)C5)c4)c3)c2n1. The van der Waals surface area contributed by atoms with Gasteiger partial charge in [-0.05, 0) is 41.8 Å². The van der Waals surface area contributed by atoms with Crippen LogP contribution in [0.2, 0.25) is 0 Å². The summed E-state index contributed by atoms with van der Waals surface area (Å²) in [5.74, 6) is -1.18. The molecule has 2 aromatic carbocycles. The fraction of sp³-hybridized carbons (Fsp3) is 0.370. The molecule has 2 heterocycles. The van der Waals surface area contributed by atoms with Gasteiger partial charge in [-0.3, -0.25) is 4.57 Å². The number of halogens is 2. The number of imidazole rings is 1. The van der Waals surface area contributed by atoms with Gasteiger partial charge in [-0.2, -0.15) is 9.97 Å². The zero-order valence-corrected chi connectivity index (χ0v) is 21.0. The number of rotatable bonds is 11. The second-order valence-electron chi connectivity index (χ2n) is 9.55. The van der Waals surface area contributed by atoms with Gasteiger partial charge >= 0.3 is 11.7 Å². The first-order valence-electron chi connectivity index (χ1n) is 12.7. The highest BCUT2D eigenvalue weighted by molar-refractivity contribution is 5.81. The van der Waals surface area contributed by atoms with Crippen molar-refractivity contribution in [1.82, 2.24) is 24.8 Å². The second-order valence-corrected chi connectivity index (χ2v) is 9.55. The summed E-state index contributed by atoms with van der Waals surface area (Å²) in [4.78, 5) is 24.0. The van der Waals surface area contributed by atoms with Crippen molar-refractivity contribution in [3.63, 3.8) is 0 Å². The molecule has 0 amide bonds. The van der Waals surface area contributed by atoms with E-state index in [2.05, 4.69) is 27.2 Å². The molecule has 0 bridgehead atoms. The van der Waals surface area contributed by atoms with E-state index in [-0.39, 0.29) is 42.9 Å². The molecule has 0 aliphatic heterocycles. The van der Waals surface area contributed by atoms with E-state index in [0.29, 0.717) is 35.8 Å². The second kappa shape index (κ2) is 10.8. The Morgan fingerprint density at radius 2 is 1.84 bits per heavy atom. The van der Waals surface area contributed by atoms with Crippen LogP contribution in [0.15, 0.2) is 53.3 Å². The van der Waals surface area contributed by atoms with Gasteiger partial charge < -0.3 is 25.5 Å². The highest BCUT2D eigenvalue weighted by Crippen LogP contribution is 2.37. The lowest BCUT2D eigenvalue weighted by molar-refractivity contribution is -0.0930. The van der Waals surface area contributed by atoms with Gasteiger partial charge in [0, 0.05) is 25.4 Å². The highest BCUT2D eigenvalue weighted by Gasteiger charge is 2.44. The van der Waals surface area contributed by atoms with Crippen LogP contribution < -0.4 is 26.2 Å². The van der Waals surface area contributed by atoms with Crippen LogP contribution in [-0.2, 0) is 13.1 Å². The third-order valence-corrected chi connectivity index (χ3v) is 6.42. The molecular weight excluding hydrogens is 494 g/mol. The Balaban J connectivity index is 1.29. The van der Waals surface area contributed by atoms with Crippen LogP contribution in [0.4, 0.5) is 14.6 Å². The minimum atomic E-state index is -2.55. The number of alkyl halides is 2. The first kappa shape index (κ1) is 25.7. The van der Waals surface area contributed by atoms with E-state index in [4.69, 9.17) is 15.2 Å². The molecule has 0 spiro atoms. The molecule has 1 fully saturated rings. The van der Waals surface area contributed by atoms with Crippen LogP contribution in [0.3, 0.4) is 0 Å². The molecule has 1 saturated carbocycles. The lowest BCUT2D eigenvalue weighted by Crippen LogP contribution is -2.48. The van der Waals surface area contributed by atoms with E-state index < -0.39 is 5.92 Å². The van der Waals surface area contributed by atoms with Gasteiger partial charge in [0.1, 0.15) is 17.0 Å². The number of nitrogen functional groups attached to an aromatic ring is 1. The first-order chi connectivity index (χ1) is 18.3. The molecule has 1 aliphatic rings. The number of nitrogens with two attached hydrogens (primary N) is 1. The molecule has 0 atom stereocenters. The van der Waals surface area contributed by atoms with Crippen LogP contribution in [-0.4, -0.2) is 38.1 Å². The van der Waals surface area contributed by atoms with Crippen LogP contribution in [0, 0.1) is 0 Å². The molecule has 1 aliphatic carbocycles. The van der Waals surface area contributed by atoms with Crippen molar-refractivity contribution in [2.75, 3.05) is 12.3 Å². The summed E-state index contributed by atoms with van der Waals surface area (Å²) in [5, 5.41) is 3.16. The van der Waals surface area contributed by atoms with Gasteiger partial charge in [-0.25, -0.2) is 13.6 Å². The summed E-state index contributed by atoms with van der Waals surface area (Å²) in [6, 6.07) is 14.8. The van der Waals surface area contributed by atoms with Crippen molar-refractivity contribution >= 4 is 17.0 Å². The standard InChI is InChI=1S/C27H30F2N6O3/c1-2-3-10-37-25-33-23(30)22-24(34-25)35(26(36)32-22)16-18-7-5-9-21(12-18)38-20-8-4-6-17(11-20)15-31-19-13-27(28,29)14-19/h4-9,11-12,19,31H,2-3,10,13-16H2,1H3,(H,32,36)(H2,30,33,34). The maximum atomic E-state index is 13.1. The molecule has 5 rings (SSSR count). The van der Waals surface area contributed by atoms with E-state index in [1.54, 1.807) is 0 Å². The zero-order chi connectivity index (χ0) is 26.7. The number of aromatic amines is 1. The molecule has 4 aromatic rings. The number of hydrogen-bond donors (Lipinski definition) is 3. The summed E-state index contributed by atoms with van der Waals surface area (Å²) in [5.41, 5.74) is 8.17. The molecule has 200 valence electrons. The number of ether oxygens (including phenoxy) is 2. The van der Waals surface area contributed by atoms with E-state index in [0.717, 1.165) is 24.0 Å². The van der Waals surface area contributed by atoms with Crippen molar-refractivity contribution in [3.8, 4) is 17.5 Å². The Labute approximate surface area is 218 Å². The van der Waals surface area contributed by atoms with E-state index >= 15 is 0 Å². The van der Waals surface area contributed by atoms with Crippen molar-refractivity contribution < 1.29 is 18.3 Å². The average molecular weight is 525 g/mol. The quantitative estimate of drug-likeness (QED) is 0.245. The summed E-state index contributed by atoms with van der Waals surface area (Å²) in [7, 11) is 0. The van der Waals surface area contributed by atoms with Crippen LogP contribution >= 0.6 is 0 Å². The van der Waals surface area contributed by atoms with Gasteiger partial charge in [0.15, 0.2) is 11.5 Å². The van der Waals surface area contributed by atoms with Crippen LogP contribution in [0.1, 0.15) is 43.7 Å². The molecule has 4 N–H and O–H groups in total. The van der Waals surface area contributed by atoms with Crippen LogP contribution in [0.5, 0.6) is 17.5 Å². The number of unbranched alkanes of at least 4 members (excludes halogenated alkanes) is 1. The smallest absolute Gasteiger partial charge is 0.328 e. The number of benzene rings is 2. The maximum absolute atomic E-state index is 13.1. The Bertz CT molecular complexity index is 1480. The predicted octanol–water partition coefficient (Wildman–Crippen LogP) is 4.61. The van der Waals surface area contributed by atoms with Gasteiger partial charge in [-0.15, -0.1) is 0 Å². The lowest BCUT2D eigenvalue weighted by Gasteiger charge is -2.35. The first-order valence-corrected chi connectivity index (χ1v) is 12.7. The minimum Gasteiger partial charge on any atom is -0.463 e. The average Bonchev–Trinajstić information content (AvgIpc) is 3.17. The Kier molecular flexibility index (Phi) is 7.28. The fourth-order valence-corrected chi connectivity index (χ4v) is 4.36. The molecular formula is C27H30F2N6O3. The monoisotopic (exact) mass is 524 g/mol. The number of hydrogen-bond acceptors (Lipinski definition) is 7. The largest absolute Gasteiger partial charge is 0.463 e. The predicted molar refractivity (Wildman–Crippen MR) is 140 cm³/mol. The lowest BCUT2D eigenvalue weighted by atomic mass is 9.88. The molecule has 38 heavy (non-hydrogen) atoms. The zero-order valence-electron chi connectivity index (χ0n) is 21.0. The minimum absolute atomic E-state index is 0.124. The van der Waals surface area contributed by atoms with Gasteiger partial charge in [-0.1, -0.05) is 37.6 Å². The molecule has 0 radical (unpaired) electrons. The normalized spacial score (nSPS) is 14.9. The topological polar surface area (TPSA) is 120 Å². The van der Waals surface area contributed by atoms with Crippen molar-refractivity contribution in [2.45, 2.75) is 57.7 Å². The summed E-state index contributed by atoms with van der Waals surface area (Å²) in [6.07, 6.45) is 1.57. The molecule has 11 heteroatoms. The number of H-pyrrole nitrogens is 1. The molecule has 0 saturated heterocycles. The number of nitrogens with zero attached hydrogens (tertiary/aromatic N) is 3. The molecule has 9 nitrogen and oxygen atoms in total. The maximum Gasteiger partial charge on any atom is 0.328 e. The Morgan fingerprint density at radius 3 is 2.55 bits per heavy atom. The van der Waals surface area contributed by atoms with E-state index in [9.17, 15) is 13.6 Å². The van der Waals surface area contributed by atoms with E-state index in [1.807, 2.05) is 48.5 Å². The fourth-order valence-electron chi connectivity index (χ4n) is 4.36. The Hall–Kier alpha value is -3.99. The summed E-state index contributed by atoms with van der Waals surface area (Å²) < 4.78 is 39.3. The van der Waals surface area contributed by atoms with Gasteiger partial charge in [0.25, 0.3) is 5.92 Å². The number of fused-ring (bicyclic) bond motifs is 1. The summed E-state index contributed by atoms with van der Waals surface area (Å²) in [6.45, 7) is 3.23. The number of aromatic nitrogens is 4. The van der Waals surface area contributed by atoms with Crippen molar-refractivity contribution in [3.05, 3.63) is 70.1 Å². The van der Waals surface area contributed by atoms with Gasteiger partial charge in [0.2, 0.25) is 0 Å². The Morgan fingerprint density at radius 1 is 1.13 bits per heavy atom. The number of nitrogens with one attached hydrogen (secondary N) is 2. The van der Waals surface area contributed by atoms with Crippen LogP contribution in [0.25, 0.3) is 11.2 Å². The van der Waals surface area contributed by atoms with Gasteiger partial charge in [0.05, 0.1) is 13.2 Å². The third-order valence-electron chi connectivity index (χ3n) is 6.42. The molecule has 0 unspecified atom stereocenters. The van der Waals surface area contributed by atoms with Crippen molar-refractivity contribution in [2.24, 2.45) is 0 Å². The highest BCUT2D eigenvalue weighted by atomic mass is 19.3. The summed E-state index contributed by atoms with van der Waals surface area (Å²) >= 11 is 0. The molecule has 2 aromatic heterocycles. The third kappa shape index (κ3) is 5.94. The number of anilines is 1.